The summed E-state index contributed by atoms with van der Waals surface area (Å²) in [6.07, 6.45) is 1.46. The summed E-state index contributed by atoms with van der Waals surface area (Å²) in [5, 5.41) is 28.8. The largest absolute Gasteiger partial charge is 0.506 e. The third-order valence-corrected chi connectivity index (χ3v) is 7.52. The van der Waals surface area contributed by atoms with Crippen molar-refractivity contribution in [2.75, 3.05) is 0 Å². The van der Waals surface area contributed by atoms with Crippen molar-refractivity contribution in [3.63, 3.8) is 0 Å². The highest BCUT2D eigenvalue weighted by atomic mass is 32.2. The maximum absolute atomic E-state index is 13.7. The number of aliphatic imine (C=N–C) groups is 1. The highest BCUT2D eigenvalue weighted by Gasteiger charge is 2.46. The first-order valence-electron chi connectivity index (χ1n) is 9.99. The number of nitro benzene ring substituents is 1. The van der Waals surface area contributed by atoms with Crippen LogP contribution in [0.4, 0.5) is 5.69 Å². The Morgan fingerprint density at radius 2 is 1.91 bits per heavy atom. The molecule has 2 N–H and O–H groups in total. The zero-order chi connectivity index (χ0) is 24.2. The molecular formula is C21H16N6O5S2. The number of hydrogen-bond donors (Lipinski definition) is 2. The zero-order valence-corrected chi connectivity index (χ0v) is 19.1. The number of sulfonamides is 1. The number of nitro groups is 1. The minimum atomic E-state index is -4.25. The molecule has 2 aromatic carbocycles. The second-order valence-electron chi connectivity index (χ2n) is 7.70. The lowest BCUT2D eigenvalue weighted by atomic mass is 9.88. The van der Waals surface area contributed by atoms with Gasteiger partial charge in [0.15, 0.2) is 10.9 Å². The van der Waals surface area contributed by atoms with E-state index in [2.05, 4.69) is 20.4 Å². The fourth-order valence-electron chi connectivity index (χ4n) is 4.12. The predicted octanol–water partition coefficient (Wildman–Crippen LogP) is 2.87. The van der Waals surface area contributed by atoms with Crippen LogP contribution in [0, 0.1) is 16.0 Å². The molecule has 2 atom stereocenters. The molecule has 0 saturated heterocycles. The van der Waals surface area contributed by atoms with Crippen LogP contribution in [0.2, 0.25) is 0 Å². The van der Waals surface area contributed by atoms with Crippen LogP contribution < -0.4 is 5.32 Å². The molecule has 11 nitrogen and oxygen atoms in total. The average Bonchev–Trinajstić information content (AvgIpc) is 3.15. The van der Waals surface area contributed by atoms with Crippen molar-refractivity contribution >= 4 is 55.5 Å². The van der Waals surface area contributed by atoms with Gasteiger partial charge in [0.25, 0.3) is 15.7 Å². The Kier molecular flexibility index (Phi) is 5.02. The van der Waals surface area contributed by atoms with Crippen LogP contribution >= 0.6 is 12.2 Å². The number of pyridine rings is 1. The van der Waals surface area contributed by atoms with Gasteiger partial charge in [0.05, 0.1) is 21.8 Å². The lowest BCUT2D eigenvalue weighted by Gasteiger charge is -2.31. The number of fused-ring (bicyclic) bond motifs is 2. The Hall–Kier alpha value is -3.97. The fraction of sp³-hybridized carbons (Fsp3) is 0.143. The Balaban J connectivity index is 1.59. The molecule has 0 fully saturated rings. The molecule has 0 aliphatic carbocycles. The maximum Gasteiger partial charge on any atom is 0.285 e. The van der Waals surface area contributed by atoms with Gasteiger partial charge < -0.3 is 10.4 Å². The minimum Gasteiger partial charge on any atom is -0.506 e. The molecule has 0 amide bonds. The second-order valence-corrected chi connectivity index (χ2v) is 9.82. The maximum atomic E-state index is 13.7. The summed E-state index contributed by atoms with van der Waals surface area (Å²) in [6.45, 7) is 1.68. The molecule has 3 heterocycles. The molecule has 0 bridgehead atoms. The van der Waals surface area contributed by atoms with Crippen molar-refractivity contribution in [1.29, 1.82) is 0 Å². The quantitative estimate of drug-likeness (QED) is 0.318. The van der Waals surface area contributed by atoms with Gasteiger partial charge in [-0.15, -0.1) is 4.41 Å². The number of nitrogens with one attached hydrogen (secondary N) is 1. The highest BCUT2D eigenvalue weighted by Crippen LogP contribution is 2.38. The highest BCUT2D eigenvalue weighted by molar-refractivity contribution is 7.90. The van der Waals surface area contributed by atoms with Gasteiger partial charge >= 0.3 is 0 Å². The fourth-order valence-corrected chi connectivity index (χ4v) is 5.85. The summed E-state index contributed by atoms with van der Waals surface area (Å²) in [7, 11) is -4.25. The molecule has 3 aromatic rings. The van der Waals surface area contributed by atoms with E-state index < -0.39 is 26.9 Å². The van der Waals surface area contributed by atoms with E-state index in [4.69, 9.17) is 12.2 Å². The number of aromatic hydroxyl groups is 1. The Bertz CT molecular complexity index is 1530. The zero-order valence-electron chi connectivity index (χ0n) is 17.5. The second kappa shape index (κ2) is 7.81. The van der Waals surface area contributed by atoms with E-state index in [-0.39, 0.29) is 38.2 Å². The van der Waals surface area contributed by atoms with Crippen LogP contribution in [0.15, 0.2) is 69.7 Å². The molecule has 13 heteroatoms. The summed E-state index contributed by atoms with van der Waals surface area (Å²) in [4.78, 5) is 18.8. The van der Waals surface area contributed by atoms with Crippen molar-refractivity contribution in [2.45, 2.75) is 17.9 Å². The number of hydrogen-bond acceptors (Lipinski definition) is 8. The van der Waals surface area contributed by atoms with Crippen molar-refractivity contribution in [1.82, 2.24) is 14.7 Å². The van der Waals surface area contributed by atoms with Crippen LogP contribution in [-0.4, -0.2) is 44.5 Å². The van der Waals surface area contributed by atoms with E-state index in [0.29, 0.717) is 11.3 Å². The first-order valence-corrected chi connectivity index (χ1v) is 11.8. The van der Waals surface area contributed by atoms with Crippen LogP contribution in [0.3, 0.4) is 0 Å². The van der Waals surface area contributed by atoms with E-state index in [9.17, 15) is 23.6 Å². The van der Waals surface area contributed by atoms with E-state index in [1.165, 1.54) is 30.5 Å². The van der Waals surface area contributed by atoms with Crippen molar-refractivity contribution in [2.24, 2.45) is 16.0 Å². The molecule has 0 radical (unpaired) electrons. The average molecular weight is 497 g/mol. The number of hydrazone groups is 1. The number of phenols is 1. The number of phenolic OH excluding ortho intramolecular Hbond substituents is 1. The monoisotopic (exact) mass is 496 g/mol. The van der Waals surface area contributed by atoms with E-state index in [1.807, 2.05) is 0 Å². The molecular weight excluding hydrogens is 480 g/mol. The third kappa shape index (κ3) is 3.36. The van der Waals surface area contributed by atoms with Gasteiger partial charge in [0.1, 0.15) is 11.3 Å². The molecule has 2 unspecified atom stereocenters. The van der Waals surface area contributed by atoms with Crippen LogP contribution in [0.5, 0.6) is 5.75 Å². The van der Waals surface area contributed by atoms with Gasteiger partial charge in [-0.25, -0.2) is 4.99 Å². The lowest BCUT2D eigenvalue weighted by molar-refractivity contribution is -0.384. The number of aromatic nitrogens is 1. The number of non-ortho nitro benzene ring substituents is 1. The van der Waals surface area contributed by atoms with Crippen LogP contribution in [0.1, 0.15) is 18.5 Å². The molecule has 2 aliphatic rings. The number of benzene rings is 2. The Morgan fingerprint density at radius 3 is 2.62 bits per heavy atom. The number of thiocarbonyl (C=S) groups is 1. The lowest BCUT2D eigenvalue weighted by Crippen LogP contribution is -2.46. The van der Waals surface area contributed by atoms with Gasteiger partial charge in [-0.2, -0.15) is 13.5 Å². The standard InChI is InChI=1S/C21H16N6O5S2/c1-11-17-18(12-4-6-13(7-5-12)27(29)30)23-21(33)24-20(17)26(25-11)34(31,32)16-9-8-15(28)19-14(16)3-2-10-22-19/h2-10,17-18,28H,1H3,(H,23,33). The third-order valence-electron chi connectivity index (χ3n) is 5.68. The Morgan fingerprint density at radius 1 is 1.18 bits per heavy atom. The Labute approximate surface area is 198 Å². The van der Waals surface area contributed by atoms with E-state index in [0.717, 1.165) is 4.41 Å². The molecule has 5 rings (SSSR count). The van der Waals surface area contributed by atoms with Crippen LogP contribution in [0.25, 0.3) is 10.9 Å². The normalized spacial score (nSPS) is 19.9. The summed E-state index contributed by atoms with van der Waals surface area (Å²) < 4.78 is 28.3. The molecule has 34 heavy (non-hydrogen) atoms. The van der Waals surface area contributed by atoms with Crippen LogP contribution in [-0.2, 0) is 10.0 Å². The van der Waals surface area contributed by atoms with Gasteiger partial charge in [-0.05, 0) is 49.0 Å². The van der Waals surface area contributed by atoms with Gasteiger partial charge in [-0.1, -0.05) is 12.1 Å². The van der Waals surface area contributed by atoms with Gasteiger partial charge in [-0.3, -0.25) is 15.1 Å². The topological polar surface area (TPSA) is 150 Å². The van der Waals surface area contributed by atoms with E-state index >= 15 is 0 Å². The van der Waals surface area contributed by atoms with Crippen molar-refractivity contribution in [3.05, 3.63) is 70.4 Å². The summed E-state index contributed by atoms with van der Waals surface area (Å²) in [5.74, 6) is -0.605. The molecule has 2 aliphatic heterocycles. The summed E-state index contributed by atoms with van der Waals surface area (Å²) >= 11 is 5.28. The molecule has 0 saturated carbocycles. The first kappa shape index (κ1) is 21.9. The van der Waals surface area contributed by atoms with Crippen molar-refractivity contribution < 1.29 is 18.4 Å². The number of rotatable bonds is 4. The molecule has 0 spiro atoms. The van der Waals surface area contributed by atoms with Gasteiger partial charge in [0, 0.05) is 29.4 Å². The molecule has 1 aromatic heterocycles. The smallest absolute Gasteiger partial charge is 0.285 e. The predicted molar refractivity (Wildman–Crippen MR) is 128 cm³/mol. The number of nitrogens with zero attached hydrogens (tertiary/aromatic N) is 5. The van der Waals surface area contributed by atoms with Crippen molar-refractivity contribution in [3.8, 4) is 5.75 Å². The SMILES string of the molecule is CC1=NN(S(=O)(=O)c2ccc(O)c3ncccc23)C2=NC(=S)NC(c3ccc([N+](=O)[O-])cc3)C12. The summed E-state index contributed by atoms with van der Waals surface area (Å²) in [6, 6.07) is 11.1. The van der Waals surface area contributed by atoms with Gasteiger partial charge in [0.2, 0.25) is 0 Å². The minimum absolute atomic E-state index is 0.0649. The molecule has 172 valence electrons. The van der Waals surface area contributed by atoms with E-state index in [1.54, 1.807) is 31.2 Å². The first-order chi connectivity index (χ1) is 16.2. The summed E-state index contributed by atoms with van der Waals surface area (Å²) in [5.41, 5.74) is 1.22. The number of amidine groups is 1.